The standard InChI is InChI=1S/C12H18FN3O3S/c1-3-16(8-12(17)15-2)20(18,19)11-6-4-5-10(13)9(11)7-14/h4-6H,3,7-8,14H2,1-2H3,(H,15,17). The molecule has 0 aromatic heterocycles. The summed E-state index contributed by atoms with van der Waals surface area (Å²) in [5.41, 5.74) is 5.33. The molecule has 0 saturated carbocycles. The fourth-order valence-corrected chi connectivity index (χ4v) is 3.37. The molecule has 0 aliphatic heterocycles. The minimum Gasteiger partial charge on any atom is -0.358 e. The van der Waals surface area contributed by atoms with Gasteiger partial charge in [0.15, 0.2) is 0 Å². The van der Waals surface area contributed by atoms with Crippen molar-refractivity contribution in [1.29, 1.82) is 0 Å². The van der Waals surface area contributed by atoms with Crippen LogP contribution in [0.1, 0.15) is 12.5 Å². The van der Waals surface area contributed by atoms with Crippen molar-refractivity contribution in [3.05, 3.63) is 29.6 Å². The van der Waals surface area contributed by atoms with Crippen molar-refractivity contribution in [2.24, 2.45) is 5.73 Å². The van der Waals surface area contributed by atoms with Crippen molar-refractivity contribution in [3.8, 4) is 0 Å². The van der Waals surface area contributed by atoms with Crippen LogP contribution >= 0.6 is 0 Å². The lowest BCUT2D eigenvalue weighted by Gasteiger charge is -2.21. The van der Waals surface area contributed by atoms with Crippen LogP contribution in [0.2, 0.25) is 0 Å². The monoisotopic (exact) mass is 303 g/mol. The number of halogens is 1. The fraction of sp³-hybridized carbons (Fsp3) is 0.417. The number of carbonyl (C=O) groups is 1. The number of hydrogen-bond donors (Lipinski definition) is 2. The third-order valence-corrected chi connectivity index (χ3v) is 4.85. The Morgan fingerprint density at radius 2 is 2.10 bits per heavy atom. The van der Waals surface area contributed by atoms with Crippen molar-refractivity contribution in [3.63, 3.8) is 0 Å². The lowest BCUT2D eigenvalue weighted by atomic mass is 10.2. The van der Waals surface area contributed by atoms with Gasteiger partial charge in [-0.1, -0.05) is 13.0 Å². The van der Waals surface area contributed by atoms with Crippen molar-refractivity contribution < 1.29 is 17.6 Å². The summed E-state index contributed by atoms with van der Waals surface area (Å²) in [4.78, 5) is 11.2. The molecule has 1 aromatic carbocycles. The highest BCUT2D eigenvalue weighted by Crippen LogP contribution is 2.22. The molecule has 0 unspecified atom stereocenters. The molecular weight excluding hydrogens is 285 g/mol. The summed E-state index contributed by atoms with van der Waals surface area (Å²) in [6.07, 6.45) is 0. The second-order valence-corrected chi connectivity index (χ2v) is 5.93. The highest BCUT2D eigenvalue weighted by atomic mass is 32.2. The Labute approximate surface area is 117 Å². The molecule has 0 bridgehead atoms. The van der Waals surface area contributed by atoms with Crippen molar-refractivity contribution in [1.82, 2.24) is 9.62 Å². The van der Waals surface area contributed by atoms with E-state index in [-0.39, 0.29) is 30.1 Å². The Morgan fingerprint density at radius 1 is 1.45 bits per heavy atom. The van der Waals surface area contributed by atoms with Gasteiger partial charge in [0.2, 0.25) is 15.9 Å². The summed E-state index contributed by atoms with van der Waals surface area (Å²) in [6.45, 7) is 1.13. The van der Waals surface area contributed by atoms with E-state index < -0.39 is 21.7 Å². The molecule has 0 radical (unpaired) electrons. The third kappa shape index (κ3) is 3.33. The molecule has 3 N–H and O–H groups in total. The number of nitrogens with one attached hydrogen (secondary N) is 1. The van der Waals surface area contributed by atoms with Crippen LogP contribution in [0.4, 0.5) is 4.39 Å². The number of hydrogen-bond acceptors (Lipinski definition) is 4. The number of carbonyl (C=O) groups excluding carboxylic acids is 1. The van der Waals surface area contributed by atoms with E-state index in [2.05, 4.69) is 5.32 Å². The lowest BCUT2D eigenvalue weighted by Crippen LogP contribution is -2.39. The minimum atomic E-state index is -3.97. The molecule has 20 heavy (non-hydrogen) atoms. The Balaban J connectivity index is 3.27. The Bertz CT molecular complexity index is 590. The van der Waals surface area contributed by atoms with Gasteiger partial charge in [0.05, 0.1) is 11.4 Å². The van der Waals surface area contributed by atoms with E-state index in [4.69, 9.17) is 5.73 Å². The number of likely N-dealkylation sites (N-methyl/N-ethyl adjacent to an activating group) is 2. The van der Waals surface area contributed by atoms with Gasteiger partial charge in [0, 0.05) is 25.7 Å². The molecule has 112 valence electrons. The van der Waals surface area contributed by atoms with Crippen molar-refractivity contribution >= 4 is 15.9 Å². The van der Waals surface area contributed by atoms with Crippen LogP contribution in [0.5, 0.6) is 0 Å². The maximum Gasteiger partial charge on any atom is 0.243 e. The summed E-state index contributed by atoms with van der Waals surface area (Å²) in [5.74, 6) is -1.12. The normalized spacial score (nSPS) is 11.7. The molecule has 1 aromatic rings. The van der Waals surface area contributed by atoms with Gasteiger partial charge in [-0.05, 0) is 12.1 Å². The van der Waals surface area contributed by atoms with E-state index in [1.54, 1.807) is 6.92 Å². The molecule has 0 aliphatic carbocycles. The average Bonchev–Trinajstić information content (AvgIpc) is 2.43. The second-order valence-electron chi connectivity index (χ2n) is 4.03. The first kappa shape index (κ1) is 16.5. The SMILES string of the molecule is CCN(CC(=O)NC)S(=O)(=O)c1cccc(F)c1CN. The molecule has 0 saturated heterocycles. The van der Waals surface area contributed by atoms with Crippen LogP contribution in [0.3, 0.4) is 0 Å². The van der Waals surface area contributed by atoms with Crippen LogP contribution in [0.25, 0.3) is 0 Å². The maximum absolute atomic E-state index is 13.6. The van der Waals surface area contributed by atoms with Gasteiger partial charge in [0.25, 0.3) is 0 Å². The molecule has 1 amide bonds. The van der Waals surface area contributed by atoms with E-state index in [1.165, 1.54) is 19.2 Å². The predicted octanol–water partition coefficient (Wildman–Crippen LogP) is 0.0410. The summed E-state index contributed by atoms with van der Waals surface area (Å²) in [5, 5.41) is 2.35. The van der Waals surface area contributed by atoms with Crippen LogP contribution in [-0.4, -0.2) is 38.8 Å². The first-order valence-electron chi connectivity index (χ1n) is 6.06. The maximum atomic E-state index is 13.6. The zero-order valence-electron chi connectivity index (χ0n) is 11.4. The smallest absolute Gasteiger partial charge is 0.243 e. The molecule has 0 aliphatic rings. The van der Waals surface area contributed by atoms with Gasteiger partial charge >= 0.3 is 0 Å². The largest absolute Gasteiger partial charge is 0.358 e. The summed E-state index contributed by atoms with van der Waals surface area (Å²) in [6, 6.07) is 3.73. The molecular formula is C12H18FN3O3S. The highest BCUT2D eigenvalue weighted by molar-refractivity contribution is 7.89. The number of sulfonamides is 1. The van der Waals surface area contributed by atoms with Crippen LogP contribution < -0.4 is 11.1 Å². The predicted molar refractivity (Wildman–Crippen MR) is 72.8 cm³/mol. The first-order chi connectivity index (χ1) is 9.38. The molecule has 0 atom stereocenters. The molecule has 0 spiro atoms. The van der Waals surface area contributed by atoms with Gasteiger partial charge in [-0.2, -0.15) is 4.31 Å². The van der Waals surface area contributed by atoms with Crippen LogP contribution in [0.15, 0.2) is 23.1 Å². The Hall–Kier alpha value is -1.51. The number of benzene rings is 1. The highest BCUT2D eigenvalue weighted by Gasteiger charge is 2.28. The Morgan fingerprint density at radius 3 is 2.60 bits per heavy atom. The van der Waals surface area contributed by atoms with Gasteiger partial charge in [0.1, 0.15) is 5.82 Å². The van der Waals surface area contributed by atoms with Crippen molar-refractivity contribution in [2.45, 2.75) is 18.4 Å². The zero-order valence-corrected chi connectivity index (χ0v) is 12.2. The molecule has 8 heteroatoms. The lowest BCUT2D eigenvalue weighted by molar-refractivity contribution is -0.120. The van der Waals surface area contributed by atoms with Crippen LogP contribution in [-0.2, 0) is 21.4 Å². The van der Waals surface area contributed by atoms with E-state index >= 15 is 0 Å². The van der Waals surface area contributed by atoms with E-state index in [9.17, 15) is 17.6 Å². The summed E-state index contributed by atoms with van der Waals surface area (Å²) >= 11 is 0. The minimum absolute atomic E-state index is 0.0807. The van der Waals surface area contributed by atoms with Gasteiger partial charge < -0.3 is 11.1 Å². The van der Waals surface area contributed by atoms with Crippen LogP contribution in [0, 0.1) is 5.82 Å². The third-order valence-electron chi connectivity index (χ3n) is 2.85. The zero-order chi connectivity index (χ0) is 15.3. The molecule has 0 fully saturated rings. The number of rotatable bonds is 6. The quantitative estimate of drug-likeness (QED) is 0.776. The number of nitrogens with two attached hydrogens (primary N) is 1. The van der Waals surface area contributed by atoms with E-state index in [0.29, 0.717) is 0 Å². The molecule has 6 nitrogen and oxygen atoms in total. The average molecular weight is 303 g/mol. The van der Waals surface area contributed by atoms with Gasteiger partial charge in [-0.25, -0.2) is 12.8 Å². The molecule has 1 rings (SSSR count). The summed E-state index contributed by atoms with van der Waals surface area (Å²) < 4.78 is 39.5. The topological polar surface area (TPSA) is 92.5 Å². The summed E-state index contributed by atoms with van der Waals surface area (Å²) in [7, 11) is -2.56. The Kier molecular flexibility index (Phi) is 5.61. The van der Waals surface area contributed by atoms with E-state index in [0.717, 1.165) is 10.4 Å². The van der Waals surface area contributed by atoms with Gasteiger partial charge in [-0.15, -0.1) is 0 Å². The fourth-order valence-electron chi connectivity index (χ4n) is 1.72. The van der Waals surface area contributed by atoms with Crippen molar-refractivity contribution in [2.75, 3.05) is 20.1 Å². The number of amides is 1. The number of nitrogens with zero attached hydrogens (tertiary/aromatic N) is 1. The second kappa shape index (κ2) is 6.78. The first-order valence-corrected chi connectivity index (χ1v) is 7.50. The van der Waals surface area contributed by atoms with Gasteiger partial charge in [-0.3, -0.25) is 4.79 Å². The van der Waals surface area contributed by atoms with E-state index in [1.807, 2.05) is 0 Å². The molecule has 0 heterocycles.